The zero-order valence-corrected chi connectivity index (χ0v) is 10.1. The first-order valence-corrected chi connectivity index (χ1v) is 5.78. The number of aromatic nitrogens is 1. The Hall–Kier alpha value is -1.82. The van der Waals surface area contributed by atoms with Crippen molar-refractivity contribution in [1.82, 2.24) is 4.98 Å². The highest BCUT2D eigenvalue weighted by Gasteiger charge is 2.27. The van der Waals surface area contributed by atoms with E-state index in [4.69, 9.17) is 10.5 Å². The van der Waals surface area contributed by atoms with Gasteiger partial charge in [-0.05, 0) is 17.5 Å². The van der Waals surface area contributed by atoms with Gasteiger partial charge in [0.2, 0.25) is 5.88 Å². The fourth-order valence-corrected chi connectivity index (χ4v) is 1.70. The Bertz CT molecular complexity index is 569. The second kappa shape index (κ2) is 5.44. The molecule has 0 fully saturated rings. The number of halogens is 3. The molecule has 6 heteroatoms. The van der Waals surface area contributed by atoms with Crippen molar-refractivity contribution in [2.75, 3.05) is 6.61 Å². The molecule has 2 rings (SSSR count). The van der Waals surface area contributed by atoms with Crippen LogP contribution in [0.2, 0.25) is 0 Å². The molecule has 0 unspecified atom stereocenters. The highest BCUT2D eigenvalue weighted by Crippen LogP contribution is 2.26. The molecule has 19 heavy (non-hydrogen) atoms. The number of nitrogens with zero attached hydrogens (tertiary/aromatic N) is 1. The van der Waals surface area contributed by atoms with Gasteiger partial charge in [-0.1, -0.05) is 18.2 Å². The van der Waals surface area contributed by atoms with E-state index in [9.17, 15) is 13.2 Å². The summed E-state index contributed by atoms with van der Waals surface area (Å²) in [5, 5.41) is 1.53. The number of rotatable bonds is 4. The molecular formula is C13H13F3N2O. The molecule has 102 valence electrons. The Balaban J connectivity index is 2.25. The fraction of sp³-hybridized carbons (Fsp3) is 0.308. The van der Waals surface area contributed by atoms with Gasteiger partial charge in [0, 0.05) is 11.9 Å². The lowest BCUT2D eigenvalue weighted by Crippen LogP contribution is -2.14. The van der Waals surface area contributed by atoms with Crippen LogP contribution in [0.25, 0.3) is 10.8 Å². The second-order valence-corrected chi connectivity index (χ2v) is 4.06. The van der Waals surface area contributed by atoms with Crippen molar-refractivity contribution < 1.29 is 17.9 Å². The summed E-state index contributed by atoms with van der Waals surface area (Å²) >= 11 is 0. The van der Waals surface area contributed by atoms with Crippen molar-refractivity contribution in [1.29, 1.82) is 0 Å². The van der Waals surface area contributed by atoms with E-state index in [1.165, 1.54) is 0 Å². The SMILES string of the molecule is NCc1cc2ccccc2c(OCCC(F)(F)F)n1. The molecule has 0 atom stereocenters. The maximum atomic E-state index is 12.1. The maximum absolute atomic E-state index is 12.1. The Morgan fingerprint density at radius 1 is 1.21 bits per heavy atom. The number of benzene rings is 1. The third-order valence-electron chi connectivity index (χ3n) is 2.59. The Kier molecular flexibility index (Phi) is 3.90. The molecule has 0 amide bonds. The van der Waals surface area contributed by atoms with Gasteiger partial charge in [0.05, 0.1) is 18.7 Å². The molecule has 0 spiro atoms. The van der Waals surface area contributed by atoms with Gasteiger partial charge in [-0.2, -0.15) is 13.2 Å². The first kappa shape index (κ1) is 13.6. The summed E-state index contributed by atoms with van der Waals surface area (Å²) < 4.78 is 41.4. The molecule has 2 aromatic rings. The maximum Gasteiger partial charge on any atom is 0.392 e. The third-order valence-corrected chi connectivity index (χ3v) is 2.59. The molecule has 0 aliphatic rings. The summed E-state index contributed by atoms with van der Waals surface area (Å²) in [5.41, 5.74) is 6.09. The van der Waals surface area contributed by atoms with Gasteiger partial charge in [-0.3, -0.25) is 0 Å². The lowest BCUT2D eigenvalue weighted by Gasteiger charge is -2.11. The lowest BCUT2D eigenvalue weighted by molar-refractivity contribution is -0.139. The third kappa shape index (κ3) is 3.57. The van der Waals surface area contributed by atoms with Crippen LogP contribution in [0.1, 0.15) is 12.1 Å². The Labute approximate surface area is 108 Å². The van der Waals surface area contributed by atoms with E-state index in [0.29, 0.717) is 11.1 Å². The van der Waals surface area contributed by atoms with Crippen molar-refractivity contribution in [3.05, 3.63) is 36.0 Å². The topological polar surface area (TPSA) is 48.1 Å². The van der Waals surface area contributed by atoms with Crippen LogP contribution in [0.15, 0.2) is 30.3 Å². The van der Waals surface area contributed by atoms with Crippen LogP contribution in [-0.2, 0) is 6.54 Å². The Morgan fingerprint density at radius 3 is 2.63 bits per heavy atom. The first-order chi connectivity index (χ1) is 8.99. The molecule has 0 saturated heterocycles. The normalized spacial score (nSPS) is 11.8. The molecule has 0 aliphatic carbocycles. The minimum absolute atomic E-state index is 0.197. The number of alkyl halides is 3. The number of nitrogens with two attached hydrogens (primary N) is 1. The predicted octanol–water partition coefficient (Wildman–Crippen LogP) is 3.02. The van der Waals surface area contributed by atoms with E-state index in [2.05, 4.69) is 4.98 Å². The largest absolute Gasteiger partial charge is 0.477 e. The zero-order valence-electron chi connectivity index (χ0n) is 10.1. The molecule has 0 bridgehead atoms. The van der Waals surface area contributed by atoms with Gasteiger partial charge in [-0.15, -0.1) is 0 Å². The van der Waals surface area contributed by atoms with Crippen molar-refractivity contribution in [2.45, 2.75) is 19.1 Å². The highest BCUT2D eigenvalue weighted by atomic mass is 19.4. The number of hydrogen-bond acceptors (Lipinski definition) is 3. The van der Waals surface area contributed by atoms with E-state index >= 15 is 0 Å². The van der Waals surface area contributed by atoms with Crippen LogP contribution >= 0.6 is 0 Å². The smallest absolute Gasteiger partial charge is 0.392 e. The van der Waals surface area contributed by atoms with Crippen LogP contribution in [0, 0.1) is 0 Å². The van der Waals surface area contributed by atoms with Crippen molar-refractivity contribution >= 4 is 10.8 Å². The van der Waals surface area contributed by atoms with E-state index in [1.807, 2.05) is 12.1 Å². The predicted molar refractivity (Wildman–Crippen MR) is 65.8 cm³/mol. The Morgan fingerprint density at radius 2 is 1.95 bits per heavy atom. The average molecular weight is 270 g/mol. The minimum atomic E-state index is -4.23. The zero-order chi connectivity index (χ0) is 13.9. The molecule has 2 N–H and O–H groups in total. The van der Waals surface area contributed by atoms with Gasteiger partial charge in [0.15, 0.2) is 0 Å². The fourth-order valence-electron chi connectivity index (χ4n) is 1.70. The van der Waals surface area contributed by atoms with Crippen molar-refractivity contribution in [3.8, 4) is 5.88 Å². The van der Waals surface area contributed by atoms with Gasteiger partial charge < -0.3 is 10.5 Å². The van der Waals surface area contributed by atoms with Crippen LogP contribution < -0.4 is 10.5 Å². The molecule has 1 heterocycles. The number of ether oxygens (including phenoxy) is 1. The standard InChI is InChI=1S/C13H13F3N2O/c14-13(15,16)5-6-19-12-11-4-2-1-3-9(11)7-10(8-17)18-12/h1-4,7H,5-6,8,17H2. The van der Waals surface area contributed by atoms with E-state index < -0.39 is 19.2 Å². The summed E-state index contributed by atoms with van der Waals surface area (Å²) in [7, 11) is 0. The summed E-state index contributed by atoms with van der Waals surface area (Å²) in [5.74, 6) is 0.197. The molecule has 1 aromatic carbocycles. The van der Waals surface area contributed by atoms with Crippen LogP contribution in [-0.4, -0.2) is 17.8 Å². The van der Waals surface area contributed by atoms with Crippen molar-refractivity contribution in [3.63, 3.8) is 0 Å². The summed E-state index contributed by atoms with van der Waals surface area (Å²) in [6.45, 7) is -0.241. The van der Waals surface area contributed by atoms with E-state index in [0.717, 1.165) is 5.39 Å². The van der Waals surface area contributed by atoms with E-state index in [-0.39, 0.29) is 12.4 Å². The summed E-state index contributed by atoms with van der Waals surface area (Å²) in [6, 6.07) is 9.01. The molecule has 0 radical (unpaired) electrons. The van der Waals surface area contributed by atoms with Crippen LogP contribution in [0.5, 0.6) is 5.88 Å². The van der Waals surface area contributed by atoms with Crippen LogP contribution in [0.3, 0.4) is 0 Å². The quantitative estimate of drug-likeness (QED) is 0.929. The van der Waals surface area contributed by atoms with Gasteiger partial charge in [0.1, 0.15) is 0 Å². The molecular weight excluding hydrogens is 257 g/mol. The van der Waals surface area contributed by atoms with Crippen LogP contribution in [0.4, 0.5) is 13.2 Å². The van der Waals surface area contributed by atoms with Gasteiger partial charge >= 0.3 is 6.18 Å². The number of pyridine rings is 1. The first-order valence-electron chi connectivity index (χ1n) is 5.78. The summed E-state index contributed by atoms with van der Waals surface area (Å²) in [4.78, 5) is 4.12. The van der Waals surface area contributed by atoms with Crippen molar-refractivity contribution in [2.24, 2.45) is 5.73 Å². The van der Waals surface area contributed by atoms with Gasteiger partial charge in [-0.25, -0.2) is 4.98 Å². The number of fused-ring (bicyclic) bond motifs is 1. The van der Waals surface area contributed by atoms with Gasteiger partial charge in [0.25, 0.3) is 0 Å². The lowest BCUT2D eigenvalue weighted by atomic mass is 10.1. The average Bonchev–Trinajstić information content (AvgIpc) is 2.37. The molecule has 1 aromatic heterocycles. The van der Waals surface area contributed by atoms with E-state index in [1.54, 1.807) is 18.2 Å². The second-order valence-electron chi connectivity index (χ2n) is 4.06. The molecule has 0 aliphatic heterocycles. The monoisotopic (exact) mass is 270 g/mol. The summed E-state index contributed by atoms with van der Waals surface area (Å²) in [6.07, 6.45) is -5.24. The molecule has 0 saturated carbocycles. The minimum Gasteiger partial charge on any atom is -0.477 e. The molecule has 3 nitrogen and oxygen atoms in total. The number of hydrogen-bond donors (Lipinski definition) is 1. The highest BCUT2D eigenvalue weighted by molar-refractivity contribution is 5.87.